The Morgan fingerprint density at radius 2 is 1.74 bits per heavy atom. The molecule has 0 saturated heterocycles. The van der Waals surface area contributed by atoms with E-state index in [0.29, 0.717) is 17.1 Å². The molecule has 7 nitrogen and oxygen atoms in total. The van der Waals surface area contributed by atoms with Crippen LogP contribution in [0.25, 0.3) is 22.4 Å². The summed E-state index contributed by atoms with van der Waals surface area (Å²) >= 11 is 3.38. The molecule has 0 N–H and O–H groups in total. The van der Waals surface area contributed by atoms with Crippen LogP contribution >= 0.6 is 15.9 Å². The molecule has 4 aromatic rings. The molecule has 132 valence electrons. The number of hydrogen-bond donors (Lipinski definition) is 0. The van der Waals surface area contributed by atoms with Crippen molar-refractivity contribution < 1.29 is 4.74 Å². The Morgan fingerprint density at radius 1 is 1.07 bits per heavy atom. The lowest BCUT2D eigenvalue weighted by atomic mass is 10.3. The monoisotopic (exact) mass is 421 g/mol. The molecule has 0 bridgehead atoms. The topological polar surface area (TPSA) is 85.7 Å². The van der Waals surface area contributed by atoms with E-state index in [0.717, 1.165) is 4.47 Å². The molecule has 0 saturated carbocycles. The fourth-order valence-corrected chi connectivity index (χ4v) is 3.04. The maximum atomic E-state index is 13.2. The minimum atomic E-state index is -0.313. The fraction of sp³-hybridized carbons (Fsp3) is 0.0526. The summed E-state index contributed by atoms with van der Waals surface area (Å²) in [5.41, 5.74) is 1.59. The van der Waals surface area contributed by atoms with Crippen molar-refractivity contribution in [1.82, 2.24) is 19.3 Å². The SMILES string of the molecule is COc1ccc(-n2nc(C#N)c3ncn(-c4ccc(Br)cc4)c(=O)c32)cc1. The Kier molecular flexibility index (Phi) is 4.22. The van der Waals surface area contributed by atoms with Crippen molar-refractivity contribution >= 4 is 27.0 Å². The predicted octanol–water partition coefficient (Wildman–Crippen LogP) is 3.21. The number of ether oxygens (including phenoxy) is 1. The average molecular weight is 422 g/mol. The van der Waals surface area contributed by atoms with E-state index in [1.54, 1.807) is 43.5 Å². The summed E-state index contributed by atoms with van der Waals surface area (Å²) in [6, 6.07) is 16.4. The summed E-state index contributed by atoms with van der Waals surface area (Å²) in [5.74, 6) is 0.682. The Bertz CT molecular complexity index is 1230. The largest absolute Gasteiger partial charge is 0.497 e. The van der Waals surface area contributed by atoms with Crippen LogP contribution in [-0.4, -0.2) is 26.4 Å². The Balaban J connectivity index is 1.99. The van der Waals surface area contributed by atoms with Gasteiger partial charge in [0.2, 0.25) is 0 Å². The molecule has 0 radical (unpaired) electrons. The highest BCUT2D eigenvalue weighted by atomic mass is 79.9. The molecule has 0 aliphatic heterocycles. The highest BCUT2D eigenvalue weighted by molar-refractivity contribution is 9.10. The molecule has 2 heterocycles. The number of halogens is 1. The van der Waals surface area contributed by atoms with E-state index in [-0.39, 0.29) is 22.3 Å². The lowest BCUT2D eigenvalue weighted by molar-refractivity contribution is 0.414. The van der Waals surface area contributed by atoms with Crippen molar-refractivity contribution in [2.75, 3.05) is 7.11 Å². The molecular weight excluding hydrogens is 410 g/mol. The molecule has 2 aromatic carbocycles. The van der Waals surface area contributed by atoms with Gasteiger partial charge in [0.25, 0.3) is 5.56 Å². The number of nitrogens with zero attached hydrogens (tertiary/aromatic N) is 5. The second kappa shape index (κ2) is 6.70. The van der Waals surface area contributed by atoms with Crippen LogP contribution in [0.2, 0.25) is 0 Å². The van der Waals surface area contributed by atoms with E-state index in [9.17, 15) is 10.1 Å². The standard InChI is InChI=1S/C19H12BrN5O2/c1-27-15-8-6-14(7-9-15)25-18-17(16(10-21)23-25)22-11-24(19(18)26)13-4-2-12(20)3-5-13/h2-9,11H,1H3. The summed E-state index contributed by atoms with van der Waals surface area (Å²) in [5, 5.41) is 13.7. The third kappa shape index (κ3) is 2.88. The van der Waals surface area contributed by atoms with Crippen molar-refractivity contribution in [1.29, 1.82) is 5.26 Å². The van der Waals surface area contributed by atoms with Gasteiger partial charge in [-0.05, 0) is 48.5 Å². The Morgan fingerprint density at radius 3 is 2.37 bits per heavy atom. The summed E-state index contributed by atoms with van der Waals surface area (Å²) in [4.78, 5) is 17.5. The predicted molar refractivity (Wildman–Crippen MR) is 103 cm³/mol. The number of methoxy groups -OCH3 is 1. The molecule has 0 unspecified atom stereocenters. The summed E-state index contributed by atoms with van der Waals surface area (Å²) < 4.78 is 8.94. The molecule has 27 heavy (non-hydrogen) atoms. The van der Waals surface area contributed by atoms with E-state index in [2.05, 4.69) is 26.0 Å². The molecule has 0 aliphatic rings. The molecule has 0 spiro atoms. The second-order valence-corrected chi connectivity index (χ2v) is 6.58. The normalized spacial score (nSPS) is 10.7. The Labute approximate surface area is 162 Å². The van der Waals surface area contributed by atoms with Gasteiger partial charge in [0.05, 0.1) is 18.5 Å². The van der Waals surface area contributed by atoms with E-state index in [1.165, 1.54) is 15.6 Å². The van der Waals surface area contributed by atoms with E-state index in [1.807, 2.05) is 18.2 Å². The quantitative estimate of drug-likeness (QED) is 0.506. The van der Waals surface area contributed by atoms with Gasteiger partial charge in [-0.25, -0.2) is 9.67 Å². The molecule has 4 rings (SSSR count). The minimum absolute atomic E-state index is 0.0980. The van der Waals surface area contributed by atoms with Crippen molar-refractivity contribution in [2.45, 2.75) is 0 Å². The number of nitriles is 1. The lowest BCUT2D eigenvalue weighted by Gasteiger charge is -2.07. The zero-order chi connectivity index (χ0) is 19.0. The molecule has 0 atom stereocenters. The fourth-order valence-electron chi connectivity index (χ4n) is 2.78. The van der Waals surface area contributed by atoms with Gasteiger partial charge in [-0.1, -0.05) is 15.9 Å². The van der Waals surface area contributed by atoms with Gasteiger partial charge in [0.1, 0.15) is 23.7 Å². The van der Waals surface area contributed by atoms with E-state index >= 15 is 0 Å². The summed E-state index contributed by atoms with van der Waals surface area (Å²) in [7, 11) is 1.58. The van der Waals surface area contributed by atoms with Crippen molar-refractivity contribution in [2.24, 2.45) is 0 Å². The maximum Gasteiger partial charge on any atom is 0.284 e. The van der Waals surface area contributed by atoms with E-state index in [4.69, 9.17) is 4.74 Å². The van der Waals surface area contributed by atoms with Gasteiger partial charge in [-0.3, -0.25) is 9.36 Å². The van der Waals surface area contributed by atoms with Crippen molar-refractivity contribution in [3.05, 3.63) is 75.4 Å². The second-order valence-electron chi connectivity index (χ2n) is 5.66. The van der Waals surface area contributed by atoms with Crippen LogP contribution in [0, 0.1) is 11.3 Å². The summed E-state index contributed by atoms with van der Waals surface area (Å²) in [6.45, 7) is 0. The highest BCUT2D eigenvalue weighted by Gasteiger charge is 2.18. The van der Waals surface area contributed by atoms with Crippen LogP contribution in [-0.2, 0) is 0 Å². The first-order chi connectivity index (χ1) is 13.1. The van der Waals surface area contributed by atoms with Crippen LogP contribution in [0.5, 0.6) is 5.75 Å². The first-order valence-electron chi connectivity index (χ1n) is 7.93. The van der Waals surface area contributed by atoms with Gasteiger partial charge < -0.3 is 4.74 Å². The third-order valence-electron chi connectivity index (χ3n) is 4.11. The van der Waals surface area contributed by atoms with Gasteiger partial charge in [0, 0.05) is 4.47 Å². The van der Waals surface area contributed by atoms with E-state index < -0.39 is 0 Å². The molecule has 0 aliphatic carbocycles. The Hall–Kier alpha value is -3.44. The zero-order valence-corrected chi connectivity index (χ0v) is 15.7. The average Bonchev–Trinajstić information content (AvgIpc) is 3.09. The first kappa shape index (κ1) is 17.0. The number of rotatable bonds is 3. The molecular formula is C19H12BrN5O2. The van der Waals surface area contributed by atoms with Crippen LogP contribution < -0.4 is 10.3 Å². The number of fused-ring (bicyclic) bond motifs is 1. The van der Waals surface area contributed by atoms with Crippen LogP contribution in [0.15, 0.2) is 64.1 Å². The van der Waals surface area contributed by atoms with Crippen LogP contribution in [0.4, 0.5) is 0 Å². The zero-order valence-electron chi connectivity index (χ0n) is 14.1. The molecule has 8 heteroatoms. The third-order valence-corrected chi connectivity index (χ3v) is 4.64. The maximum absolute atomic E-state index is 13.2. The van der Waals surface area contributed by atoms with Crippen molar-refractivity contribution in [3.8, 4) is 23.2 Å². The smallest absolute Gasteiger partial charge is 0.284 e. The van der Waals surface area contributed by atoms with Crippen LogP contribution in [0.3, 0.4) is 0 Å². The first-order valence-corrected chi connectivity index (χ1v) is 8.72. The minimum Gasteiger partial charge on any atom is -0.497 e. The highest BCUT2D eigenvalue weighted by Crippen LogP contribution is 2.20. The van der Waals surface area contributed by atoms with Gasteiger partial charge in [-0.15, -0.1) is 0 Å². The van der Waals surface area contributed by atoms with Gasteiger partial charge >= 0.3 is 0 Å². The lowest BCUT2D eigenvalue weighted by Crippen LogP contribution is -2.21. The van der Waals surface area contributed by atoms with Gasteiger partial charge in [-0.2, -0.15) is 10.4 Å². The molecule has 0 amide bonds. The molecule has 0 fully saturated rings. The number of benzene rings is 2. The summed E-state index contributed by atoms with van der Waals surface area (Å²) in [6.07, 6.45) is 1.41. The van der Waals surface area contributed by atoms with Crippen molar-refractivity contribution in [3.63, 3.8) is 0 Å². The molecule has 2 aromatic heterocycles. The van der Waals surface area contributed by atoms with Crippen LogP contribution in [0.1, 0.15) is 5.69 Å². The number of aromatic nitrogens is 4. The number of hydrogen-bond acceptors (Lipinski definition) is 5. The van der Waals surface area contributed by atoms with Gasteiger partial charge in [0.15, 0.2) is 11.2 Å².